The Hall–Kier alpha value is -0.790. The summed E-state index contributed by atoms with van der Waals surface area (Å²) in [5.74, 6) is 0.205. The minimum atomic E-state index is -0.568. The Morgan fingerprint density at radius 1 is 0.514 bits per heavy atom. The van der Waals surface area contributed by atoms with Crippen molar-refractivity contribution in [2.75, 3.05) is 0 Å². The van der Waals surface area contributed by atoms with E-state index >= 15 is 0 Å². The predicted molar refractivity (Wildman–Crippen MR) is 165 cm³/mol. The van der Waals surface area contributed by atoms with Crippen LogP contribution in [0.1, 0.15) is 194 Å². The highest BCUT2D eigenvalue weighted by Crippen LogP contribution is 2.20. The minimum absolute atomic E-state index is 0.114. The first kappa shape index (κ1) is 36.2. The van der Waals surface area contributed by atoms with Gasteiger partial charge in [-0.3, -0.25) is 4.79 Å². The fourth-order valence-electron chi connectivity index (χ4n) is 5.50. The molecule has 0 spiro atoms. The summed E-state index contributed by atoms with van der Waals surface area (Å²) < 4.78 is 0. The van der Waals surface area contributed by atoms with Crippen LogP contribution in [0.4, 0.5) is 0 Å². The smallest absolute Gasteiger partial charge is 0.306 e. The van der Waals surface area contributed by atoms with E-state index in [0.29, 0.717) is 0 Å². The molecule has 0 aromatic heterocycles. The molecule has 2 atom stereocenters. The molecule has 0 radical (unpaired) electrons. The van der Waals surface area contributed by atoms with Gasteiger partial charge >= 0.3 is 5.97 Å². The largest absolute Gasteiger partial charge is 0.481 e. The first-order chi connectivity index (χ1) is 18.1. The molecule has 0 aliphatic heterocycles. The SMILES string of the molecule is CCCCCCCCCCCCCCCCC(CCCCCC/C=C\CCCC(C)CCCC)C(=O)O. The van der Waals surface area contributed by atoms with Gasteiger partial charge in [-0.2, -0.15) is 0 Å². The van der Waals surface area contributed by atoms with Crippen molar-refractivity contribution >= 4 is 5.97 Å². The molecule has 2 unspecified atom stereocenters. The van der Waals surface area contributed by atoms with Crippen molar-refractivity contribution < 1.29 is 9.90 Å². The Labute approximate surface area is 233 Å². The summed E-state index contributed by atoms with van der Waals surface area (Å²) in [6, 6.07) is 0. The van der Waals surface area contributed by atoms with Crippen molar-refractivity contribution in [1.29, 1.82) is 0 Å². The summed E-state index contributed by atoms with van der Waals surface area (Å²) in [6.45, 7) is 6.96. The van der Waals surface area contributed by atoms with Crippen LogP contribution >= 0.6 is 0 Å². The summed E-state index contributed by atoms with van der Waals surface area (Å²) in [6.07, 6.45) is 39.4. The molecule has 0 aromatic carbocycles. The second kappa shape index (κ2) is 29.8. The molecule has 0 rings (SSSR count). The van der Waals surface area contributed by atoms with E-state index in [1.165, 1.54) is 148 Å². The van der Waals surface area contributed by atoms with Gasteiger partial charge in [-0.15, -0.1) is 0 Å². The fourth-order valence-corrected chi connectivity index (χ4v) is 5.50. The van der Waals surface area contributed by atoms with E-state index < -0.39 is 5.97 Å². The van der Waals surface area contributed by atoms with E-state index in [1.54, 1.807) is 0 Å². The lowest BCUT2D eigenvalue weighted by Gasteiger charge is -2.12. The number of allylic oxidation sites excluding steroid dienone is 2. The molecule has 2 heteroatoms. The first-order valence-electron chi connectivity index (χ1n) is 17.0. The van der Waals surface area contributed by atoms with E-state index in [0.717, 1.165) is 31.6 Å². The molecule has 0 aliphatic carbocycles. The van der Waals surface area contributed by atoms with Gasteiger partial charge in [-0.1, -0.05) is 168 Å². The summed E-state index contributed by atoms with van der Waals surface area (Å²) in [4.78, 5) is 11.6. The van der Waals surface area contributed by atoms with E-state index in [-0.39, 0.29) is 5.92 Å². The van der Waals surface area contributed by atoms with Gasteiger partial charge in [0.15, 0.2) is 0 Å². The van der Waals surface area contributed by atoms with Crippen LogP contribution in [0.25, 0.3) is 0 Å². The van der Waals surface area contributed by atoms with E-state index in [4.69, 9.17) is 0 Å². The van der Waals surface area contributed by atoms with Crippen LogP contribution in [-0.4, -0.2) is 11.1 Å². The Balaban J connectivity index is 3.50. The lowest BCUT2D eigenvalue weighted by Crippen LogP contribution is -2.13. The van der Waals surface area contributed by atoms with Crippen LogP contribution < -0.4 is 0 Å². The maximum atomic E-state index is 11.6. The average Bonchev–Trinajstić information content (AvgIpc) is 2.89. The summed E-state index contributed by atoms with van der Waals surface area (Å²) in [5.41, 5.74) is 0. The summed E-state index contributed by atoms with van der Waals surface area (Å²) >= 11 is 0. The van der Waals surface area contributed by atoms with Crippen molar-refractivity contribution in [3.8, 4) is 0 Å². The fraction of sp³-hybridized carbons (Fsp3) is 0.914. The lowest BCUT2D eigenvalue weighted by molar-refractivity contribution is -0.142. The number of hydrogen-bond acceptors (Lipinski definition) is 1. The molecule has 0 bridgehead atoms. The first-order valence-corrected chi connectivity index (χ1v) is 17.0. The third-order valence-corrected chi connectivity index (χ3v) is 8.21. The number of rotatable bonds is 30. The Kier molecular flexibility index (Phi) is 29.1. The van der Waals surface area contributed by atoms with Crippen molar-refractivity contribution in [2.24, 2.45) is 11.8 Å². The standard InChI is InChI=1S/C35H68O2/c1-4-6-8-9-10-11-12-13-14-15-18-21-24-27-31-34(35(36)37)32-28-25-22-19-16-17-20-23-26-30-33(3)29-7-5-2/h17,20,33-34H,4-16,18-19,21-32H2,1-3H3,(H,36,37)/b20-17-. The number of carboxylic acid groups (broad SMARTS) is 1. The van der Waals surface area contributed by atoms with E-state index in [1.807, 2.05) is 0 Å². The van der Waals surface area contributed by atoms with Gasteiger partial charge in [0, 0.05) is 0 Å². The topological polar surface area (TPSA) is 37.3 Å². The molecule has 0 saturated heterocycles. The van der Waals surface area contributed by atoms with E-state index in [9.17, 15) is 9.90 Å². The molecule has 0 heterocycles. The van der Waals surface area contributed by atoms with Crippen LogP contribution in [-0.2, 0) is 4.79 Å². The van der Waals surface area contributed by atoms with Crippen LogP contribution in [0.3, 0.4) is 0 Å². The van der Waals surface area contributed by atoms with Crippen molar-refractivity contribution in [2.45, 2.75) is 194 Å². The highest BCUT2D eigenvalue weighted by molar-refractivity contribution is 5.69. The van der Waals surface area contributed by atoms with E-state index in [2.05, 4.69) is 32.9 Å². The molecule has 0 aromatic rings. The van der Waals surface area contributed by atoms with Gasteiger partial charge in [-0.05, 0) is 44.4 Å². The number of hydrogen-bond donors (Lipinski definition) is 1. The maximum Gasteiger partial charge on any atom is 0.306 e. The Bertz CT molecular complexity index is 484. The van der Waals surface area contributed by atoms with Crippen LogP contribution in [0.15, 0.2) is 12.2 Å². The van der Waals surface area contributed by atoms with Crippen LogP contribution in [0.5, 0.6) is 0 Å². The highest BCUT2D eigenvalue weighted by Gasteiger charge is 2.16. The number of aliphatic carboxylic acids is 1. The highest BCUT2D eigenvalue weighted by atomic mass is 16.4. The number of carbonyl (C=O) groups is 1. The van der Waals surface area contributed by atoms with Gasteiger partial charge in [-0.25, -0.2) is 0 Å². The normalized spacial score (nSPS) is 13.4. The molecule has 220 valence electrons. The molecule has 0 saturated carbocycles. The maximum absolute atomic E-state index is 11.6. The van der Waals surface area contributed by atoms with Crippen LogP contribution in [0.2, 0.25) is 0 Å². The third kappa shape index (κ3) is 28.0. The van der Waals surface area contributed by atoms with Gasteiger partial charge in [0.05, 0.1) is 5.92 Å². The molecule has 37 heavy (non-hydrogen) atoms. The summed E-state index contributed by atoms with van der Waals surface area (Å²) in [5, 5.41) is 9.59. The van der Waals surface area contributed by atoms with Crippen molar-refractivity contribution in [3.63, 3.8) is 0 Å². The molecular formula is C35H68O2. The zero-order chi connectivity index (χ0) is 27.2. The monoisotopic (exact) mass is 521 g/mol. The van der Waals surface area contributed by atoms with Gasteiger partial charge in [0.25, 0.3) is 0 Å². The molecule has 2 nitrogen and oxygen atoms in total. The molecule has 1 N–H and O–H groups in total. The summed E-state index contributed by atoms with van der Waals surface area (Å²) in [7, 11) is 0. The lowest BCUT2D eigenvalue weighted by atomic mass is 9.94. The number of unbranched alkanes of at least 4 members (excludes halogenated alkanes) is 19. The second-order valence-corrected chi connectivity index (χ2v) is 12.1. The van der Waals surface area contributed by atoms with Gasteiger partial charge in [0.2, 0.25) is 0 Å². The van der Waals surface area contributed by atoms with Gasteiger partial charge < -0.3 is 5.11 Å². The molecule has 0 amide bonds. The second-order valence-electron chi connectivity index (χ2n) is 12.1. The Morgan fingerprint density at radius 3 is 1.35 bits per heavy atom. The molecular weight excluding hydrogens is 452 g/mol. The minimum Gasteiger partial charge on any atom is -0.481 e. The predicted octanol–water partition coefficient (Wildman–Crippen LogP) is 12.5. The molecule has 0 fully saturated rings. The average molecular weight is 521 g/mol. The van der Waals surface area contributed by atoms with Gasteiger partial charge in [0.1, 0.15) is 0 Å². The van der Waals surface area contributed by atoms with Crippen molar-refractivity contribution in [1.82, 2.24) is 0 Å². The zero-order valence-electron chi connectivity index (χ0n) is 25.8. The number of carboxylic acids is 1. The van der Waals surface area contributed by atoms with Crippen molar-refractivity contribution in [3.05, 3.63) is 12.2 Å². The third-order valence-electron chi connectivity index (χ3n) is 8.21. The zero-order valence-corrected chi connectivity index (χ0v) is 25.8. The quantitative estimate of drug-likeness (QED) is 0.0755. The van der Waals surface area contributed by atoms with Crippen LogP contribution in [0, 0.1) is 11.8 Å². The molecule has 0 aliphatic rings. The Morgan fingerprint density at radius 2 is 0.892 bits per heavy atom.